The fourth-order valence-corrected chi connectivity index (χ4v) is 2.17. The summed E-state index contributed by atoms with van der Waals surface area (Å²) in [5.41, 5.74) is 0.225. The van der Waals surface area contributed by atoms with Crippen LogP contribution in [0.1, 0.15) is 33.6 Å². The van der Waals surface area contributed by atoms with Crippen LogP contribution in [0, 0.1) is 0 Å². The summed E-state index contributed by atoms with van der Waals surface area (Å²) in [5, 5.41) is 8.65. The molecule has 0 spiro atoms. The van der Waals surface area contributed by atoms with Crippen molar-refractivity contribution in [2.45, 2.75) is 45.2 Å². The van der Waals surface area contributed by atoms with Gasteiger partial charge in [0.1, 0.15) is 0 Å². The summed E-state index contributed by atoms with van der Waals surface area (Å²) in [4.78, 5) is 15.2. The van der Waals surface area contributed by atoms with Crippen molar-refractivity contribution in [1.29, 1.82) is 0 Å². The van der Waals surface area contributed by atoms with Gasteiger partial charge in [-0.15, -0.1) is 0 Å². The zero-order chi connectivity index (χ0) is 12.3. The molecule has 1 aliphatic heterocycles. The second-order valence-corrected chi connectivity index (χ2v) is 5.68. The molecule has 1 fully saturated rings. The Balaban J connectivity index is 2.38. The molecular formula is C12H24N2O2. The van der Waals surface area contributed by atoms with Crippen molar-refractivity contribution in [2.24, 2.45) is 0 Å². The summed E-state index contributed by atoms with van der Waals surface area (Å²) < 4.78 is 0. The van der Waals surface area contributed by atoms with E-state index in [1.54, 1.807) is 0 Å². The number of rotatable bonds is 4. The zero-order valence-corrected chi connectivity index (χ0v) is 10.9. The second-order valence-electron chi connectivity index (χ2n) is 5.68. The van der Waals surface area contributed by atoms with E-state index in [1.165, 1.54) is 0 Å². The Hall–Kier alpha value is -0.610. The standard InChI is InChI=1S/C12H24N2O2/c1-12(2,3)14-8-5-10(9-14)13(4)7-6-11(15)16/h10H,5-9H2,1-4H3,(H,15,16). The maximum atomic E-state index is 10.5. The van der Waals surface area contributed by atoms with Crippen molar-refractivity contribution < 1.29 is 9.90 Å². The molecule has 0 aromatic carbocycles. The summed E-state index contributed by atoms with van der Waals surface area (Å²) in [6, 6.07) is 0.513. The molecular weight excluding hydrogens is 204 g/mol. The molecule has 0 bridgehead atoms. The quantitative estimate of drug-likeness (QED) is 0.787. The van der Waals surface area contributed by atoms with E-state index < -0.39 is 5.97 Å². The van der Waals surface area contributed by atoms with Gasteiger partial charge in [-0.3, -0.25) is 9.69 Å². The number of carboxylic acids is 1. The first-order chi connectivity index (χ1) is 7.30. The Morgan fingerprint density at radius 2 is 2.12 bits per heavy atom. The molecule has 0 saturated carbocycles. The average Bonchev–Trinajstić information content (AvgIpc) is 2.61. The smallest absolute Gasteiger partial charge is 0.304 e. The Morgan fingerprint density at radius 1 is 1.50 bits per heavy atom. The summed E-state index contributed by atoms with van der Waals surface area (Å²) in [6.07, 6.45) is 1.38. The second kappa shape index (κ2) is 5.15. The van der Waals surface area contributed by atoms with Crippen molar-refractivity contribution in [3.8, 4) is 0 Å². The van der Waals surface area contributed by atoms with Crippen LogP contribution < -0.4 is 0 Å². The molecule has 0 aliphatic carbocycles. The molecule has 94 valence electrons. The van der Waals surface area contributed by atoms with Crippen LogP contribution in [0.5, 0.6) is 0 Å². The lowest BCUT2D eigenvalue weighted by molar-refractivity contribution is -0.137. The summed E-state index contributed by atoms with van der Waals surface area (Å²) in [5.74, 6) is -0.711. The lowest BCUT2D eigenvalue weighted by atomic mass is 10.1. The van der Waals surface area contributed by atoms with Crippen molar-refractivity contribution >= 4 is 5.97 Å². The SMILES string of the molecule is CN(CCC(=O)O)C1CCN(C(C)(C)C)C1. The molecule has 4 nitrogen and oxygen atoms in total. The van der Waals surface area contributed by atoms with Gasteiger partial charge in [0.05, 0.1) is 6.42 Å². The fraction of sp³-hybridized carbons (Fsp3) is 0.917. The maximum absolute atomic E-state index is 10.5. The highest BCUT2D eigenvalue weighted by Crippen LogP contribution is 2.22. The normalized spacial score (nSPS) is 22.9. The highest BCUT2D eigenvalue weighted by Gasteiger charge is 2.31. The molecule has 1 atom stereocenters. The predicted molar refractivity (Wildman–Crippen MR) is 64.6 cm³/mol. The first-order valence-corrected chi connectivity index (χ1v) is 5.98. The fourth-order valence-electron chi connectivity index (χ4n) is 2.17. The van der Waals surface area contributed by atoms with Crippen molar-refractivity contribution in [3.63, 3.8) is 0 Å². The van der Waals surface area contributed by atoms with E-state index in [4.69, 9.17) is 5.11 Å². The van der Waals surface area contributed by atoms with Gasteiger partial charge in [-0.05, 0) is 34.2 Å². The predicted octanol–water partition coefficient (Wildman–Crippen LogP) is 1.27. The van der Waals surface area contributed by atoms with E-state index in [0.717, 1.165) is 19.5 Å². The van der Waals surface area contributed by atoms with E-state index in [0.29, 0.717) is 12.6 Å². The van der Waals surface area contributed by atoms with Crippen LogP contribution >= 0.6 is 0 Å². The molecule has 1 rings (SSSR count). The molecule has 0 aromatic rings. The Kier molecular flexibility index (Phi) is 4.33. The van der Waals surface area contributed by atoms with E-state index in [1.807, 2.05) is 7.05 Å². The van der Waals surface area contributed by atoms with Gasteiger partial charge in [0.15, 0.2) is 0 Å². The number of nitrogens with zero attached hydrogens (tertiary/aromatic N) is 2. The third-order valence-electron chi connectivity index (χ3n) is 3.41. The lowest BCUT2D eigenvalue weighted by Crippen LogP contribution is -2.42. The minimum Gasteiger partial charge on any atom is -0.481 e. The van der Waals surface area contributed by atoms with E-state index >= 15 is 0 Å². The molecule has 0 amide bonds. The number of hydrogen-bond donors (Lipinski definition) is 1. The third-order valence-corrected chi connectivity index (χ3v) is 3.41. The average molecular weight is 228 g/mol. The maximum Gasteiger partial charge on any atom is 0.304 e. The van der Waals surface area contributed by atoms with Gasteiger partial charge in [-0.2, -0.15) is 0 Å². The van der Waals surface area contributed by atoms with Gasteiger partial charge in [-0.1, -0.05) is 0 Å². The number of likely N-dealkylation sites (N-methyl/N-ethyl adjacent to an activating group) is 1. The van der Waals surface area contributed by atoms with Gasteiger partial charge in [0.2, 0.25) is 0 Å². The van der Waals surface area contributed by atoms with Gasteiger partial charge < -0.3 is 10.0 Å². The van der Waals surface area contributed by atoms with Crippen LogP contribution in [0.3, 0.4) is 0 Å². The number of aliphatic carboxylic acids is 1. The van der Waals surface area contributed by atoms with E-state index in [-0.39, 0.29) is 12.0 Å². The summed E-state index contributed by atoms with van der Waals surface area (Å²) in [7, 11) is 2.03. The molecule has 1 unspecified atom stereocenters. The van der Waals surface area contributed by atoms with Crippen molar-refractivity contribution in [3.05, 3.63) is 0 Å². The monoisotopic (exact) mass is 228 g/mol. The van der Waals surface area contributed by atoms with Crippen LogP contribution in [0.2, 0.25) is 0 Å². The van der Waals surface area contributed by atoms with Gasteiger partial charge in [0, 0.05) is 31.2 Å². The molecule has 0 aromatic heterocycles. The Labute approximate surface area is 98.2 Å². The lowest BCUT2D eigenvalue weighted by Gasteiger charge is -2.32. The Morgan fingerprint density at radius 3 is 2.56 bits per heavy atom. The van der Waals surface area contributed by atoms with Gasteiger partial charge >= 0.3 is 5.97 Å². The van der Waals surface area contributed by atoms with Crippen LogP contribution in [-0.2, 0) is 4.79 Å². The van der Waals surface area contributed by atoms with Crippen molar-refractivity contribution in [2.75, 3.05) is 26.7 Å². The molecule has 1 saturated heterocycles. The van der Waals surface area contributed by atoms with Crippen LogP contribution in [0.4, 0.5) is 0 Å². The molecule has 1 N–H and O–H groups in total. The molecule has 4 heteroatoms. The van der Waals surface area contributed by atoms with E-state index in [2.05, 4.69) is 30.6 Å². The summed E-state index contributed by atoms with van der Waals surface area (Å²) >= 11 is 0. The van der Waals surface area contributed by atoms with Crippen molar-refractivity contribution in [1.82, 2.24) is 9.80 Å². The molecule has 1 aliphatic rings. The van der Waals surface area contributed by atoms with E-state index in [9.17, 15) is 4.79 Å². The van der Waals surface area contributed by atoms with Crippen LogP contribution in [0.15, 0.2) is 0 Å². The largest absolute Gasteiger partial charge is 0.481 e. The molecule has 16 heavy (non-hydrogen) atoms. The number of carbonyl (C=O) groups is 1. The Bertz CT molecular complexity index is 248. The number of hydrogen-bond acceptors (Lipinski definition) is 3. The minimum atomic E-state index is -0.711. The minimum absolute atomic E-state index is 0.225. The molecule has 1 heterocycles. The topological polar surface area (TPSA) is 43.8 Å². The van der Waals surface area contributed by atoms with Crippen LogP contribution in [-0.4, -0.2) is 59.1 Å². The summed E-state index contributed by atoms with van der Waals surface area (Å²) in [6.45, 7) is 9.51. The van der Waals surface area contributed by atoms with Crippen LogP contribution in [0.25, 0.3) is 0 Å². The third kappa shape index (κ3) is 3.76. The first-order valence-electron chi connectivity index (χ1n) is 5.98. The number of likely N-dealkylation sites (tertiary alicyclic amines) is 1. The first kappa shape index (κ1) is 13.5. The van der Waals surface area contributed by atoms with Gasteiger partial charge in [0.25, 0.3) is 0 Å². The molecule has 0 radical (unpaired) electrons. The van der Waals surface area contributed by atoms with Gasteiger partial charge in [-0.25, -0.2) is 0 Å². The highest BCUT2D eigenvalue weighted by molar-refractivity contribution is 5.66. The zero-order valence-electron chi connectivity index (χ0n) is 10.9. The highest BCUT2D eigenvalue weighted by atomic mass is 16.4. The number of carboxylic acid groups (broad SMARTS) is 1.